The van der Waals surface area contributed by atoms with E-state index in [1.165, 1.54) is 21.6 Å². The fraction of sp³-hybridized carbons (Fsp3) is 0.227. The van der Waals surface area contributed by atoms with Crippen LogP contribution in [0.1, 0.15) is 21.6 Å². The molecule has 0 aliphatic rings. The van der Waals surface area contributed by atoms with Crippen LogP contribution in [0.15, 0.2) is 66.0 Å². The zero-order chi connectivity index (χ0) is 18.4. The summed E-state index contributed by atoms with van der Waals surface area (Å²) in [6.07, 6.45) is 0.973. The van der Waals surface area contributed by atoms with Crippen molar-refractivity contribution in [3.8, 4) is 0 Å². The molecule has 26 heavy (non-hydrogen) atoms. The van der Waals surface area contributed by atoms with E-state index in [1.807, 2.05) is 0 Å². The third-order valence-electron chi connectivity index (χ3n) is 4.36. The maximum atomic E-state index is 5.77. The van der Waals surface area contributed by atoms with Gasteiger partial charge in [0, 0.05) is 17.1 Å². The van der Waals surface area contributed by atoms with Crippen molar-refractivity contribution in [2.75, 3.05) is 11.9 Å². The molecule has 0 amide bonds. The highest BCUT2D eigenvalue weighted by molar-refractivity contribution is 7.80. The van der Waals surface area contributed by atoms with Crippen molar-refractivity contribution >= 4 is 34.4 Å². The first-order chi connectivity index (χ1) is 12.6. The zero-order valence-electron chi connectivity index (χ0n) is 15.2. The highest BCUT2D eigenvalue weighted by Crippen LogP contribution is 2.19. The lowest BCUT2D eigenvalue weighted by Gasteiger charge is -2.26. The van der Waals surface area contributed by atoms with Crippen LogP contribution in [0.25, 0.3) is 0 Å². The normalized spacial score (nSPS) is 10.5. The molecule has 0 aliphatic heterocycles. The predicted octanol–water partition coefficient (Wildman–Crippen LogP) is 5.81. The van der Waals surface area contributed by atoms with Gasteiger partial charge in [0.05, 0.1) is 6.54 Å². The van der Waals surface area contributed by atoms with Crippen LogP contribution in [0.5, 0.6) is 0 Å². The lowest BCUT2D eigenvalue weighted by atomic mass is 10.1. The number of nitrogens with one attached hydrogen (secondary N) is 1. The Bertz CT molecular complexity index is 842. The van der Waals surface area contributed by atoms with Crippen molar-refractivity contribution in [2.24, 2.45) is 0 Å². The fourth-order valence-electron chi connectivity index (χ4n) is 2.82. The van der Waals surface area contributed by atoms with Crippen LogP contribution in [0.3, 0.4) is 0 Å². The van der Waals surface area contributed by atoms with Gasteiger partial charge in [0.1, 0.15) is 0 Å². The Kier molecular flexibility index (Phi) is 6.42. The molecule has 0 aliphatic carbocycles. The second-order valence-corrected chi connectivity index (χ2v) is 7.90. The van der Waals surface area contributed by atoms with Gasteiger partial charge < -0.3 is 10.2 Å². The number of rotatable bonds is 6. The molecule has 0 atom stereocenters. The van der Waals surface area contributed by atoms with Crippen LogP contribution in [-0.4, -0.2) is 16.6 Å². The van der Waals surface area contributed by atoms with Crippen LogP contribution < -0.4 is 5.32 Å². The van der Waals surface area contributed by atoms with Gasteiger partial charge in [-0.3, -0.25) is 0 Å². The average molecular weight is 381 g/mol. The molecule has 3 rings (SSSR count). The van der Waals surface area contributed by atoms with Crippen molar-refractivity contribution in [1.82, 2.24) is 4.90 Å². The highest BCUT2D eigenvalue weighted by Gasteiger charge is 2.12. The highest BCUT2D eigenvalue weighted by atomic mass is 32.1. The van der Waals surface area contributed by atoms with Gasteiger partial charge in [0.2, 0.25) is 0 Å². The molecule has 0 fully saturated rings. The summed E-state index contributed by atoms with van der Waals surface area (Å²) in [5.74, 6) is 0. The largest absolute Gasteiger partial charge is 0.344 e. The van der Waals surface area contributed by atoms with Crippen LogP contribution in [0, 0.1) is 13.8 Å². The van der Waals surface area contributed by atoms with Gasteiger partial charge in [-0.2, -0.15) is 0 Å². The van der Waals surface area contributed by atoms with Crippen LogP contribution in [-0.2, 0) is 13.0 Å². The van der Waals surface area contributed by atoms with Gasteiger partial charge in [0.15, 0.2) is 5.11 Å². The Hall–Kier alpha value is -2.17. The number of hydrogen-bond acceptors (Lipinski definition) is 2. The van der Waals surface area contributed by atoms with Gasteiger partial charge in [-0.1, -0.05) is 48.5 Å². The van der Waals surface area contributed by atoms with E-state index in [1.54, 1.807) is 11.3 Å². The predicted molar refractivity (Wildman–Crippen MR) is 117 cm³/mol. The maximum absolute atomic E-state index is 5.77. The molecule has 1 heterocycles. The van der Waals surface area contributed by atoms with Crippen molar-refractivity contribution in [3.05, 3.63) is 87.6 Å². The van der Waals surface area contributed by atoms with E-state index in [0.29, 0.717) is 0 Å². The SMILES string of the molecule is Cc1ccc(C)c(NC(=S)N(CCc2ccccc2)Cc2cccs2)c1. The molecule has 1 N–H and O–H groups in total. The topological polar surface area (TPSA) is 15.3 Å². The number of nitrogens with zero attached hydrogens (tertiary/aromatic N) is 1. The quantitative estimate of drug-likeness (QED) is 0.544. The van der Waals surface area contributed by atoms with E-state index < -0.39 is 0 Å². The van der Waals surface area contributed by atoms with Gasteiger partial charge in [-0.05, 0) is 66.7 Å². The molecule has 2 nitrogen and oxygen atoms in total. The van der Waals surface area contributed by atoms with Gasteiger partial charge in [0.25, 0.3) is 0 Å². The maximum Gasteiger partial charge on any atom is 0.173 e. The van der Waals surface area contributed by atoms with Crippen molar-refractivity contribution in [2.45, 2.75) is 26.8 Å². The summed E-state index contributed by atoms with van der Waals surface area (Å²) < 4.78 is 0. The second kappa shape index (κ2) is 8.97. The summed E-state index contributed by atoms with van der Waals surface area (Å²) in [7, 11) is 0. The number of hydrogen-bond donors (Lipinski definition) is 1. The number of aryl methyl sites for hydroxylation is 2. The Labute approximate surface area is 165 Å². The van der Waals surface area contributed by atoms with E-state index in [2.05, 4.69) is 90.1 Å². The fourth-order valence-corrected chi connectivity index (χ4v) is 3.80. The first kappa shape index (κ1) is 18.6. The molecule has 0 saturated carbocycles. The molecule has 0 radical (unpaired) electrons. The third-order valence-corrected chi connectivity index (χ3v) is 5.58. The minimum absolute atomic E-state index is 0.781. The van der Waals surface area contributed by atoms with Crippen molar-refractivity contribution in [1.29, 1.82) is 0 Å². The van der Waals surface area contributed by atoms with Gasteiger partial charge in [-0.15, -0.1) is 11.3 Å². The smallest absolute Gasteiger partial charge is 0.173 e. The summed E-state index contributed by atoms with van der Waals surface area (Å²) in [6, 6.07) is 21.3. The number of anilines is 1. The van der Waals surface area contributed by atoms with Crippen LogP contribution in [0.2, 0.25) is 0 Å². The molecule has 0 saturated heterocycles. The standard InChI is InChI=1S/C22H24N2S2/c1-17-10-11-18(2)21(15-17)23-22(25)24(16-20-9-6-14-26-20)13-12-19-7-4-3-5-8-19/h3-11,14-15H,12-13,16H2,1-2H3,(H,23,25). The van der Waals surface area contributed by atoms with E-state index in [4.69, 9.17) is 12.2 Å². The minimum Gasteiger partial charge on any atom is -0.344 e. The molecule has 134 valence electrons. The minimum atomic E-state index is 0.781. The van der Waals surface area contributed by atoms with Crippen LogP contribution in [0.4, 0.5) is 5.69 Å². The van der Waals surface area contributed by atoms with Gasteiger partial charge in [-0.25, -0.2) is 0 Å². The summed E-state index contributed by atoms with van der Waals surface area (Å²) in [6.45, 7) is 5.93. The first-order valence-corrected chi connectivity index (χ1v) is 10.1. The summed E-state index contributed by atoms with van der Waals surface area (Å²) in [5, 5.41) is 6.36. The van der Waals surface area contributed by atoms with Gasteiger partial charge >= 0.3 is 0 Å². The second-order valence-electron chi connectivity index (χ2n) is 6.49. The van der Waals surface area contributed by atoms with E-state index >= 15 is 0 Å². The van der Waals surface area contributed by atoms with E-state index in [-0.39, 0.29) is 0 Å². The number of thiocarbonyl (C=S) groups is 1. The molecular weight excluding hydrogens is 356 g/mol. The Balaban J connectivity index is 1.73. The summed E-state index contributed by atoms with van der Waals surface area (Å²) in [5.41, 5.74) is 4.86. The first-order valence-electron chi connectivity index (χ1n) is 8.81. The molecule has 2 aromatic carbocycles. The average Bonchev–Trinajstić information content (AvgIpc) is 3.15. The zero-order valence-corrected chi connectivity index (χ0v) is 16.9. The number of thiophene rings is 1. The van der Waals surface area contributed by atoms with Crippen molar-refractivity contribution < 1.29 is 0 Å². The summed E-state index contributed by atoms with van der Waals surface area (Å²) >= 11 is 7.54. The monoisotopic (exact) mass is 380 g/mol. The number of benzene rings is 2. The van der Waals surface area contributed by atoms with E-state index in [0.717, 1.165) is 30.3 Å². The van der Waals surface area contributed by atoms with Crippen molar-refractivity contribution in [3.63, 3.8) is 0 Å². The molecule has 4 heteroatoms. The Morgan fingerprint density at radius 3 is 2.58 bits per heavy atom. The Morgan fingerprint density at radius 1 is 1.04 bits per heavy atom. The third kappa shape index (κ3) is 5.16. The Morgan fingerprint density at radius 2 is 1.85 bits per heavy atom. The molecule has 1 aromatic heterocycles. The molecule has 0 spiro atoms. The molecule has 3 aromatic rings. The molecular formula is C22H24N2S2. The summed E-state index contributed by atoms with van der Waals surface area (Å²) in [4.78, 5) is 3.58. The van der Waals surface area contributed by atoms with Crippen LogP contribution >= 0.6 is 23.6 Å². The molecule has 0 unspecified atom stereocenters. The van der Waals surface area contributed by atoms with E-state index in [9.17, 15) is 0 Å². The lowest BCUT2D eigenvalue weighted by Crippen LogP contribution is -2.35. The lowest BCUT2D eigenvalue weighted by molar-refractivity contribution is 0.427. The molecule has 0 bridgehead atoms.